The molecule has 0 heterocycles. The molecule has 1 rings (SSSR count). The van der Waals surface area contributed by atoms with E-state index in [2.05, 4.69) is 0 Å². The quantitative estimate of drug-likeness (QED) is 0.626. The van der Waals surface area contributed by atoms with Gasteiger partial charge in [0.1, 0.15) is 5.82 Å². The van der Waals surface area contributed by atoms with Gasteiger partial charge in [0.2, 0.25) is 0 Å². The number of hydrogen-bond donors (Lipinski definition) is 0. The van der Waals surface area contributed by atoms with Gasteiger partial charge in [-0.3, -0.25) is 0 Å². The van der Waals surface area contributed by atoms with Crippen LogP contribution in [0.15, 0.2) is 18.2 Å². The van der Waals surface area contributed by atoms with Crippen molar-refractivity contribution in [2.24, 2.45) is 0 Å². The minimum atomic E-state index is -0.285. The lowest BCUT2D eigenvalue weighted by atomic mass is 10.4. The van der Waals surface area contributed by atoms with Crippen molar-refractivity contribution in [3.63, 3.8) is 0 Å². The van der Waals surface area contributed by atoms with Crippen LogP contribution in [0.25, 0.3) is 0 Å². The topological polar surface area (TPSA) is 0 Å². The van der Waals surface area contributed by atoms with Gasteiger partial charge < -0.3 is 0 Å². The average Bonchev–Trinajstić information content (AvgIpc) is 1.59. The van der Waals surface area contributed by atoms with Gasteiger partial charge in [0, 0.05) is 8.59 Å². The molecule has 0 spiro atoms. The van der Waals surface area contributed by atoms with Gasteiger partial charge in [-0.05, 0) is 40.8 Å². The van der Waals surface area contributed by atoms with Gasteiger partial charge in [-0.1, -0.05) is 11.6 Å². The second-order valence-corrected chi connectivity index (χ2v) is 3.27. The summed E-state index contributed by atoms with van der Waals surface area (Å²) in [6, 6.07) is 4.40. The van der Waals surface area contributed by atoms with Gasteiger partial charge in [-0.25, -0.2) is 4.39 Å². The number of hydrogen-bond acceptors (Lipinski definition) is 0. The van der Waals surface area contributed by atoms with Gasteiger partial charge in [-0.15, -0.1) is 0 Å². The number of rotatable bonds is 0. The highest BCUT2D eigenvalue weighted by Crippen LogP contribution is 2.14. The van der Waals surface area contributed by atoms with Crippen molar-refractivity contribution in [2.75, 3.05) is 0 Å². The van der Waals surface area contributed by atoms with Crippen molar-refractivity contribution in [2.45, 2.75) is 0 Å². The van der Waals surface area contributed by atoms with Crippen LogP contribution in [0, 0.1) is 9.39 Å². The molecule has 9 heavy (non-hydrogen) atoms. The maximum atomic E-state index is 12.3. The molecule has 0 saturated heterocycles. The molecule has 0 N–H and O–H groups in total. The normalized spacial score (nSPS) is 9.67. The standard InChI is InChI=1S/C6H3ClFI/c7-4-1-5(8)3-6(9)2-4/h1-3H. The largest absolute Gasteiger partial charge is 0.207 e. The van der Waals surface area contributed by atoms with Crippen molar-refractivity contribution in [1.82, 2.24) is 0 Å². The highest BCUT2D eigenvalue weighted by Gasteiger charge is 1.93. The number of benzene rings is 1. The van der Waals surface area contributed by atoms with Crippen molar-refractivity contribution < 1.29 is 4.39 Å². The summed E-state index contributed by atoms with van der Waals surface area (Å²) < 4.78 is 13.2. The third-order valence-electron chi connectivity index (χ3n) is 0.827. The number of halogens is 3. The van der Waals surface area contributed by atoms with Crippen molar-refractivity contribution >= 4 is 34.2 Å². The fraction of sp³-hybridized carbons (Fsp3) is 0. The zero-order chi connectivity index (χ0) is 6.85. The van der Waals surface area contributed by atoms with Crippen LogP contribution in [-0.2, 0) is 0 Å². The molecular formula is C6H3ClFI. The Bertz CT molecular complexity index is 174. The lowest BCUT2D eigenvalue weighted by molar-refractivity contribution is 0.627. The summed E-state index contributed by atoms with van der Waals surface area (Å²) in [7, 11) is 0. The van der Waals surface area contributed by atoms with E-state index in [-0.39, 0.29) is 5.82 Å². The Hall–Kier alpha value is 0.170. The maximum Gasteiger partial charge on any atom is 0.125 e. The van der Waals surface area contributed by atoms with Crippen LogP contribution in [0.4, 0.5) is 4.39 Å². The van der Waals surface area contributed by atoms with Gasteiger partial charge in [0.05, 0.1) is 0 Å². The second kappa shape index (κ2) is 2.84. The third kappa shape index (κ3) is 2.10. The molecule has 0 aliphatic rings. The molecule has 0 amide bonds. The molecule has 0 aliphatic heterocycles. The zero-order valence-electron chi connectivity index (χ0n) is 4.37. The lowest BCUT2D eigenvalue weighted by Crippen LogP contribution is -1.75. The van der Waals surface area contributed by atoms with Gasteiger partial charge >= 0.3 is 0 Å². The molecule has 0 atom stereocenters. The van der Waals surface area contributed by atoms with Crippen LogP contribution in [0.1, 0.15) is 0 Å². The molecule has 0 radical (unpaired) electrons. The van der Waals surface area contributed by atoms with E-state index in [0.29, 0.717) is 5.02 Å². The summed E-state index contributed by atoms with van der Waals surface area (Å²) in [6.45, 7) is 0. The summed E-state index contributed by atoms with van der Waals surface area (Å²) in [4.78, 5) is 0. The average molecular weight is 256 g/mol. The second-order valence-electron chi connectivity index (χ2n) is 1.59. The molecule has 0 aromatic heterocycles. The summed E-state index contributed by atoms with van der Waals surface area (Å²) >= 11 is 7.51. The van der Waals surface area contributed by atoms with Gasteiger partial charge in [0.15, 0.2) is 0 Å². The van der Waals surface area contributed by atoms with E-state index in [1.54, 1.807) is 6.07 Å². The first kappa shape index (κ1) is 7.28. The van der Waals surface area contributed by atoms with Gasteiger partial charge in [-0.2, -0.15) is 0 Å². The fourth-order valence-corrected chi connectivity index (χ4v) is 1.56. The van der Waals surface area contributed by atoms with E-state index in [1.807, 2.05) is 22.6 Å². The highest BCUT2D eigenvalue weighted by molar-refractivity contribution is 14.1. The monoisotopic (exact) mass is 256 g/mol. The molecule has 0 fully saturated rings. The Labute approximate surface area is 71.2 Å². The van der Waals surface area contributed by atoms with Crippen LogP contribution < -0.4 is 0 Å². The Morgan fingerprint density at radius 3 is 2.44 bits per heavy atom. The molecule has 0 aliphatic carbocycles. The smallest absolute Gasteiger partial charge is 0.125 e. The zero-order valence-corrected chi connectivity index (χ0v) is 7.28. The third-order valence-corrected chi connectivity index (χ3v) is 1.67. The molecule has 3 heteroatoms. The minimum Gasteiger partial charge on any atom is -0.207 e. The SMILES string of the molecule is Fc1cc(Cl)cc(I)c1. The predicted molar refractivity (Wildman–Crippen MR) is 44.1 cm³/mol. The van der Waals surface area contributed by atoms with Crippen LogP contribution in [0.2, 0.25) is 5.02 Å². The maximum absolute atomic E-state index is 12.3. The molecular weight excluding hydrogens is 253 g/mol. The first-order valence-electron chi connectivity index (χ1n) is 2.30. The Morgan fingerprint density at radius 2 is 2.00 bits per heavy atom. The molecule has 48 valence electrons. The Morgan fingerprint density at radius 1 is 1.33 bits per heavy atom. The predicted octanol–water partition coefficient (Wildman–Crippen LogP) is 3.08. The Balaban J connectivity index is 3.17. The highest BCUT2D eigenvalue weighted by atomic mass is 127. The van der Waals surface area contributed by atoms with E-state index < -0.39 is 0 Å². The first-order valence-corrected chi connectivity index (χ1v) is 3.76. The molecule has 1 aromatic carbocycles. The molecule has 1 aromatic rings. The molecule has 0 bridgehead atoms. The van der Waals surface area contributed by atoms with Crippen molar-refractivity contribution in [3.05, 3.63) is 32.6 Å². The molecule has 0 nitrogen and oxygen atoms in total. The van der Waals surface area contributed by atoms with Crippen LogP contribution >= 0.6 is 34.2 Å². The Kier molecular flexibility index (Phi) is 2.29. The summed E-state index contributed by atoms with van der Waals surface area (Å²) in [6.07, 6.45) is 0. The van der Waals surface area contributed by atoms with E-state index in [9.17, 15) is 4.39 Å². The summed E-state index contributed by atoms with van der Waals surface area (Å²) in [5.41, 5.74) is 0. The van der Waals surface area contributed by atoms with Crippen LogP contribution in [0.3, 0.4) is 0 Å². The molecule has 0 unspecified atom stereocenters. The summed E-state index contributed by atoms with van der Waals surface area (Å²) in [5, 5.41) is 0.444. The van der Waals surface area contributed by atoms with E-state index in [1.165, 1.54) is 12.1 Å². The van der Waals surface area contributed by atoms with Gasteiger partial charge in [0.25, 0.3) is 0 Å². The van der Waals surface area contributed by atoms with Crippen LogP contribution in [-0.4, -0.2) is 0 Å². The van der Waals surface area contributed by atoms with E-state index in [0.717, 1.165) is 3.57 Å². The van der Waals surface area contributed by atoms with Crippen molar-refractivity contribution in [3.8, 4) is 0 Å². The first-order chi connectivity index (χ1) is 4.18. The van der Waals surface area contributed by atoms with E-state index in [4.69, 9.17) is 11.6 Å². The lowest BCUT2D eigenvalue weighted by Gasteiger charge is -1.91. The molecule has 0 saturated carbocycles. The summed E-state index contributed by atoms with van der Waals surface area (Å²) in [5.74, 6) is -0.285. The minimum absolute atomic E-state index is 0.285. The van der Waals surface area contributed by atoms with E-state index >= 15 is 0 Å². The fourth-order valence-electron chi connectivity index (χ4n) is 0.520. The van der Waals surface area contributed by atoms with Crippen molar-refractivity contribution in [1.29, 1.82) is 0 Å². The van der Waals surface area contributed by atoms with Crippen LogP contribution in [0.5, 0.6) is 0 Å².